The average Bonchev–Trinajstić information content (AvgIpc) is 1.63. The van der Waals surface area contributed by atoms with Gasteiger partial charge >= 0.3 is 0 Å². The summed E-state index contributed by atoms with van der Waals surface area (Å²) in [5.74, 6) is 1.94. The van der Waals surface area contributed by atoms with Gasteiger partial charge in [0.25, 0.3) is 0 Å². The number of anilines is 3. The number of rotatable bonds is 15. The molecule has 11 N–H and O–H groups in total. The quantitative estimate of drug-likeness (QED) is 0.0460. The van der Waals surface area contributed by atoms with Gasteiger partial charge in [0.2, 0.25) is 5.78 Å². The number of hydrogen-bond acceptors (Lipinski definition) is 24. The maximum absolute atomic E-state index is 13.1. The SMILES string of the molecule is Cc1cn2c(CO)c(-c3ccc(Br)cc3)nc2s1.Nc1cn2c(CO)c(-c3ccc(Br)cc3)nc2cn1.Nc1cn2c(CO)c(-c3ccc(Cl)cc3)nc2cn1.OCc1c(-c2ccc(Br)cc2)nc2sccn12.OCc1c(-c2ccc(Cl)cc2)nc2ncccn12.OCc1c(-c2ccc(Cl)cc2Cl)nc2sccn12.OCc1c(-c2ccc(F)cc2)nc2cnc(N3CCC3)cn12. The molecule has 0 unspecified atom stereocenters. The molecule has 7 aromatic carbocycles. The van der Waals surface area contributed by atoms with Crippen molar-refractivity contribution in [2.75, 3.05) is 29.5 Å². The van der Waals surface area contributed by atoms with Gasteiger partial charge in [-0.15, -0.1) is 34.0 Å². The lowest BCUT2D eigenvalue weighted by Crippen LogP contribution is -2.37. The van der Waals surface area contributed by atoms with Crippen LogP contribution in [0.4, 0.5) is 21.8 Å². The Labute approximate surface area is 802 Å². The molecule has 1 aliphatic rings. The molecule has 0 bridgehead atoms. The van der Waals surface area contributed by atoms with Gasteiger partial charge in [-0.2, -0.15) is 0 Å². The predicted molar refractivity (Wildman–Crippen MR) is 524 cm³/mol. The molecule has 0 atom stereocenters. The number of aliphatic hydroxyl groups is 7. The molecule has 664 valence electrons. The topological polar surface area (TPSA) is 370 Å². The molecule has 0 aliphatic carbocycles. The molecular weight excluding hydrogens is 2010 g/mol. The van der Waals surface area contributed by atoms with Crippen molar-refractivity contribution in [1.82, 2.24) is 85.6 Å². The van der Waals surface area contributed by atoms with Crippen molar-refractivity contribution >= 4 is 183 Å². The fourth-order valence-corrected chi connectivity index (χ4v) is 18.2. The second-order valence-corrected chi connectivity index (χ2v) is 36.3. The molecule has 131 heavy (non-hydrogen) atoms. The second-order valence-electron chi connectivity index (χ2n) is 28.9. The van der Waals surface area contributed by atoms with Crippen LogP contribution in [-0.2, 0) is 46.2 Å². The van der Waals surface area contributed by atoms with E-state index in [1.54, 1.807) is 128 Å². The van der Waals surface area contributed by atoms with Gasteiger partial charge in [-0.25, -0.2) is 59.2 Å². The first-order valence-corrected chi connectivity index (χ1v) is 46.4. The van der Waals surface area contributed by atoms with Crippen molar-refractivity contribution in [2.45, 2.75) is 59.6 Å². The van der Waals surface area contributed by atoms with Crippen LogP contribution in [0.1, 0.15) is 51.2 Å². The first-order valence-electron chi connectivity index (χ1n) is 39.9. The van der Waals surface area contributed by atoms with Crippen LogP contribution in [0.3, 0.4) is 0 Å². The highest BCUT2D eigenvalue weighted by Crippen LogP contribution is 2.37. The van der Waals surface area contributed by atoms with Gasteiger partial charge in [0, 0.05) is 127 Å². The molecule has 0 spiro atoms. The lowest BCUT2D eigenvalue weighted by Gasteiger charge is -2.31. The van der Waals surface area contributed by atoms with E-state index in [9.17, 15) is 40.1 Å². The number of halogens is 8. The normalized spacial score (nSPS) is 11.7. The minimum absolute atomic E-state index is 0.0106. The molecule has 22 rings (SSSR count). The summed E-state index contributed by atoms with van der Waals surface area (Å²) in [4.78, 5) is 54.2. The first kappa shape index (κ1) is 92.5. The molecule has 0 amide bonds. The zero-order chi connectivity index (χ0) is 91.7. The van der Waals surface area contributed by atoms with Crippen LogP contribution in [0.15, 0.2) is 262 Å². The van der Waals surface area contributed by atoms with Gasteiger partial charge in [0.15, 0.2) is 31.8 Å². The zero-order valence-electron chi connectivity index (χ0n) is 68.8. The molecule has 1 aliphatic heterocycles. The average molecular weight is 2080 g/mol. The van der Waals surface area contributed by atoms with E-state index in [0.29, 0.717) is 88.6 Å². The van der Waals surface area contributed by atoms with E-state index in [4.69, 9.17) is 57.9 Å². The molecule has 1 fully saturated rings. The highest BCUT2D eigenvalue weighted by atomic mass is 79.9. The Kier molecular flexibility index (Phi) is 29.5. The van der Waals surface area contributed by atoms with Crippen LogP contribution in [0.2, 0.25) is 20.1 Å². The van der Waals surface area contributed by atoms with Crippen LogP contribution in [-0.4, -0.2) is 134 Å². The Bertz CT molecular complexity index is 7450. The lowest BCUT2D eigenvalue weighted by molar-refractivity contribution is 0.276. The standard InChI is InChI=1S/C16H15FN4O.C13H11BrN4O.C13H11BrN2OS.C13H11ClN4O.C13H10ClN3O.C12H9BrN2OS.C12H8Cl2N2OS/c17-12-4-2-11(3-5-12)16-13(10-22)21-9-15(20-6-1-7-20)18-8-14(21)19-16;14-9-3-1-8(2-4-9)13-10(7-19)18-6-11(15)16-5-12(18)17-13;1-8-6-16-11(7-17)12(15-13(16)18-8)9-2-4-10(14)5-3-9;14-9-3-1-8(2-4-9)13-10(7-19)18-6-11(15)16-5-12(18)17-13;14-10-4-2-9(3-5-10)12-11(8-18)17-7-1-6-15-13(17)16-12;13-9-3-1-8(2-4-9)11-10(7-16)15-5-6-17-12(15)14-11;13-7-1-2-8(9(14)5-7)11-10(6-17)16-3-4-18-12(16)15-11/h2-5,8-9,22H,1,6-7,10H2;1-6,19H,7,15H2;2-6,17H,7H2,1H3;1-6,19H,7,15H2;1-7,18H,8H2;1-6,16H,7H2;1-5,17H,6H2. The first-order chi connectivity index (χ1) is 63.6. The summed E-state index contributed by atoms with van der Waals surface area (Å²) in [6, 6.07) is 51.5. The number of aliphatic hydroxyl groups excluding tert-OH is 7. The van der Waals surface area contributed by atoms with Crippen molar-refractivity contribution < 1.29 is 40.1 Å². The third kappa shape index (κ3) is 20.5. The molecule has 21 aromatic rings. The Hall–Kier alpha value is -11.8. The zero-order valence-corrected chi connectivity index (χ0v) is 79.0. The van der Waals surface area contributed by atoms with E-state index >= 15 is 0 Å². The lowest BCUT2D eigenvalue weighted by atomic mass is 10.1. The molecule has 1 saturated heterocycles. The third-order valence-electron chi connectivity index (χ3n) is 20.7. The summed E-state index contributed by atoms with van der Waals surface area (Å²) < 4.78 is 29.1. The number of nitrogens with two attached hydrogens (primary N) is 2. The van der Waals surface area contributed by atoms with E-state index in [1.165, 1.54) is 34.8 Å². The Balaban J connectivity index is 0.000000112. The molecular formula is C92H75Br3Cl4FN21O7S3. The minimum atomic E-state index is -0.292. The number of nitrogens with zero attached hydrogens (tertiary/aromatic N) is 19. The second kappa shape index (κ2) is 41.7. The van der Waals surface area contributed by atoms with Crippen LogP contribution < -0.4 is 16.4 Å². The number of hydrogen-bond donors (Lipinski definition) is 9. The highest BCUT2D eigenvalue weighted by molar-refractivity contribution is 9.11. The number of imidazole rings is 7. The van der Waals surface area contributed by atoms with Gasteiger partial charge in [-0.05, 0) is 123 Å². The van der Waals surface area contributed by atoms with Crippen LogP contribution in [0, 0.1) is 12.7 Å². The van der Waals surface area contributed by atoms with Gasteiger partial charge in [0.05, 0.1) is 168 Å². The largest absolute Gasteiger partial charge is 0.390 e. The number of thiazole rings is 3. The van der Waals surface area contributed by atoms with E-state index in [0.717, 1.165) is 132 Å². The van der Waals surface area contributed by atoms with Crippen molar-refractivity contribution in [1.29, 1.82) is 0 Å². The predicted octanol–water partition coefficient (Wildman–Crippen LogP) is 19.9. The smallest absolute Gasteiger partial charge is 0.234 e. The molecule has 14 aromatic heterocycles. The third-order valence-corrected chi connectivity index (χ3v) is 25.8. The summed E-state index contributed by atoms with van der Waals surface area (Å²) in [5, 5.41) is 73.3. The molecule has 15 heterocycles. The molecule has 0 radical (unpaired) electrons. The number of fused-ring (bicyclic) bond motifs is 7. The number of aromatic nitrogens is 18. The molecule has 39 heteroatoms. The van der Waals surface area contributed by atoms with Crippen LogP contribution >= 0.6 is 128 Å². The van der Waals surface area contributed by atoms with Crippen molar-refractivity contribution in [2.24, 2.45) is 0 Å². The van der Waals surface area contributed by atoms with Gasteiger partial charge in [0.1, 0.15) is 23.3 Å². The van der Waals surface area contributed by atoms with Gasteiger partial charge in [-0.3, -0.25) is 30.8 Å². The summed E-state index contributed by atoms with van der Waals surface area (Å²) in [5.41, 5.74) is 30.1. The maximum Gasteiger partial charge on any atom is 0.234 e. The molecule has 0 saturated carbocycles. The Morgan fingerprint density at radius 3 is 1.18 bits per heavy atom. The van der Waals surface area contributed by atoms with E-state index in [2.05, 4.69) is 108 Å². The van der Waals surface area contributed by atoms with Crippen molar-refractivity contribution in [3.63, 3.8) is 0 Å². The number of nitrogen functional groups attached to an aromatic ring is 2. The summed E-state index contributed by atoms with van der Waals surface area (Å²) in [7, 11) is 0. The fraction of sp³-hybridized carbons (Fsp3) is 0.120. The van der Waals surface area contributed by atoms with E-state index < -0.39 is 0 Å². The Morgan fingerprint density at radius 1 is 0.382 bits per heavy atom. The van der Waals surface area contributed by atoms with Crippen LogP contribution in [0.25, 0.3) is 116 Å². The maximum atomic E-state index is 13.1. The van der Waals surface area contributed by atoms with Gasteiger partial charge in [-0.1, -0.05) is 155 Å². The fourth-order valence-electron chi connectivity index (χ4n) is 14.3. The summed E-state index contributed by atoms with van der Waals surface area (Å²) in [6.45, 7) is 3.46. The Morgan fingerprint density at radius 2 is 0.748 bits per heavy atom. The van der Waals surface area contributed by atoms with E-state index in [1.807, 2.05) is 169 Å². The molecule has 28 nitrogen and oxygen atoms in total. The summed E-state index contributed by atoms with van der Waals surface area (Å²) >= 11 is 38.7. The summed E-state index contributed by atoms with van der Waals surface area (Å²) in [6.07, 6.45) is 20.6. The highest BCUT2D eigenvalue weighted by Gasteiger charge is 2.24. The van der Waals surface area contributed by atoms with E-state index in [-0.39, 0.29) is 52.1 Å². The monoisotopic (exact) mass is 2080 g/mol. The van der Waals surface area contributed by atoms with Gasteiger partial charge < -0.3 is 52.1 Å². The number of benzene rings is 7. The number of aryl methyl sites for hydroxylation is 1. The van der Waals surface area contributed by atoms with Crippen LogP contribution in [0.5, 0.6) is 0 Å². The minimum Gasteiger partial charge on any atom is -0.390 e. The van der Waals surface area contributed by atoms with Crippen molar-refractivity contribution in [3.8, 4) is 78.8 Å². The van der Waals surface area contributed by atoms with Crippen molar-refractivity contribution in [3.05, 3.63) is 333 Å².